The van der Waals surface area contributed by atoms with Gasteiger partial charge in [-0.25, -0.2) is 14.3 Å². The fourth-order valence-electron chi connectivity index (χ4n) is 1.68. The van der Waals surface area contributed by atoms with E-state index < -0.39 is 0 Å². The van der Waals surface area contributed by atoms with Crippen LogP contribution in [0.4, 0.5) is 4.39 Å². The number of aromatic amines is 1. The molecule has 1 heterocycles. The van der Waals surface area contributed by atoms with Crippen molar-refractivity contribution in [1.29, 1.82) is 0 Å². The molecule has 0 fully saturated rings. The van der Waals surface area contributed by atoms with Crippen LogP contribution in [0.3, 0.4) is 0 Å². The zero-order chi connectivity index (χ0) is 13.8. The largest absolute Gasteiger partial charge is 0.343 e. The van der Waals surface area contributed by atoms with E-state index in [-0.39, 0.29) is 11.5 Å². The standard InChI is InChI=1S/C12H13BrFN3OS/c1-2-3-17-11(18)15-16-12(17)19-7-8-4-9(13)6-10(14)5-8/h4-6H,2-3,7H2,1H3,(H,15,18). The highest BCUT2D eigenvalue weighted by atomic mass is 79.9. The van der Waals surface area contributed by atoms with Crippen LogP contribution in [-0.2, 0) is 12.3 Å². The average molecular weight is 346 g/mol. The predicted octanol–water partition coefficient (Wildman–Crippen LogP) is 3.18. The molecule has 1 aromatic heterocycles. The molecule has 0 aliphatic carbocycles. The second-order valence-electron chi connectivity index (χ2n) is 4.03. The minimum absolute atomic E-state index is 0.204. The summed E-state index contributed by atoms with van der Waals surface area (Å²) in [5, 5.41) is 7.04. The lowest BCUT2D eigenvalue weighted by Crippen LogP contribution is -2.17. The molecule has 2 rings (SSSR count). The van der Waals surface area contributed by atoms with Gasteiger partial charge in [0.15, 0.2) is 5.16 Å². The van der Waals surface area contributed by atoms with E-state index in [1.54, 1.807) is 4.57 Å². The fraction of sp³-hybridized carbons (Fsp3) is 0.333. The van der Waals surface area contributed by atoms with Crippen molar-refractivity contribution in [1.82, 2.24) is 14.8 Å². The maximum absolute atomic E-state index is 13.2. The molecule has 0 saturated heterocycles. The summed E-state index contributed by atoms with van der Waals surface area (Å²) in [6.07, 6.45) is 0.860. The monoisotopic (exact) mass is 345 g/mol. The topological polar surface area (TPSA) is 50.7 Å². The van der Waals surface area contributed by atoms with Gasteiger partial charge in [0.1, 0.15) is 5.82 Å². The summed E-state index contributed by atoms with van der Waals surface area (Å²) in [7, 11) is 0. The average Bonchev–Trinajstić information content (AvgIpc) is 2.68. The molecule has 4 nitrogen and oxygen atoms in total. The molecular weight excluding hydrogens is 333 g/mol. The third kappa shape index (κ3) is 3.70. The Morgan fingerprint density at radius 2 is 2.26 bits per heavy atom. The first-order valence-corrected chi connectivity index (χ1v) is 7.61. The Balaban J connectivity index is 2.12. The number of hydrogen-bond acceptors (Lipinski definition) is 3. The summed E-state index contributed by atoms with van der Waals surface area (Å²) in [5.41, 5.74) is 0.639. The molecule has 102 valence electrons. The molecule has 0 spiro atoms. The van der Waals surface area contributed by atoms with Crippen LogP contribution in [0.1, 0.15) is 18.9 Å². The van der Waals surface area contributed by atoms with Crippen molar-refractivity contribution in [2.75, 3.05) is 0 Å². The Labute approximate surface area is 122 Å². The Morgan fingerprint density at radius 1 is 1.47 bits per heavy atom. The molecule has 0 aliphatic rings. The minimum Gasteiger partial charge on any atom is -0.270 e. The highest BCUT2D eigenvalue weighted by Crippen LogP contribution is 2.23. The second kappa shape index (κ2) is 6.38. The van der Waals surface area contributed by atoms with E-state index in [9.17, 15) is 9.18 Å². The van der Waals surface area contributed by atoms with Crippen molar-refractivity contribution < 1.29 is 4.39 Å². The molecule has 7 heteroatoms. The van der Waals surface area contributed by atoms with Gasteiger partial charge in [0.05, 0.1) is 0 Å². The van der Waals surface area contributed by atoms with E-state index in [0.717, 1.165) is 12.0 Å². The van der Waals surface area contributed by atoms with E-state index in [0.29, 0.717) is 21.9 Å². The van der Waals surface area contributed by atoms with Crippen molar-refractivity contribution >= 4 is 27.7 Å². The molecule has 2 aromatic rings. The molecule has 0 bridgehead atoms. The number of nitrogens with zero attached hydrogens (tertiary/aromatic N) is 2. The summed E-state index contributed by atoms with van der Waals surface area (Å²) in [5.74, 6) is 0.280. The van der Waals surface area contributed by atoms with Crippen molar-refractivity contribution in [3.05, 3.63) is 44.5 Å². The smallest absolute Gasteiger partial charge is 0.270 e. The van der Waals surface area contributed by atoms with Gasteiger partial charge in [0.25, 0.3) is 0 Å². The number of halogens is 2. The van der Waals surface area contributed by atoms with E-state index in [2.05, 4.69) is 26.1 Å². The third-order valence-corrected chi connectivity index (χ3v) is 3.97. The quantitative estimate of drug-likeness (QED) is 0.846. The molecule has 0 unspecified atom stereocenters. The number of H-pyrrole nitrogens is 1. The Morgan fingerprint density at radius 3 is 2.95 bits per heavy atom. The van der Waals surface area contributed by atoms with Gasteiger partial charge in [-0.05, 0) is 30.2 Å². The number of rotatable bonds is 5. The molecule has 0 amide bonds. The van der Waals surface area contributed by atoms with Gasteiger partial charge in [0.2, 0.25) is 0 Å². The number of aromatic nitrogens is 3. The molecule has 1 aromatic carbocycles. The Hall–Kier alpha value is -1.08. The first kappa shape index (κ1) is 14.3. The van der Waals surface area contributed by atoms with Crippen LogP contribution < -0.4 is 5.69 Å². The molecule has 19 heavy (non-hydrogen) atoms. The summed E-state index contributed by atoms with van der Waals surface area (Å²) >= 11 is 4.67. The highest BCUT2D eigenvalue weighted by molar-refractivity contribution is 9.10. The Bertz CT molecular complexity index is 605. The van der Waals surface area contributed by atoms with Crippen LogP contribution in [0.25, 0.3) is 0 Å². The van der Waals surface area contributed by atoms with E-state index >= 15 is 0 Å². The van der Waals surface area contributed by atoms with Crippen LogP contribution in [0.2, 0.25) is 0 Å². The first-order valence-electron chi connectivity index (χ1n) is 5.83. The molecule has 0 atom stereocenters. The van der Waals surface area contributed by atoms with Crippen molar-refractivity contribution in [3.63, 3.8) is 0 Å². The summed E-state index contributed by atoms with van der Waals surface area (Å²) < 4.78 is 15.5. The first-order chi connectivity index (χ1) is 9.10. The minimum atomic E-state index is -0.280. The van der Waals surface area contributed by atoms with Crippen molar-refractivity contribution in [2.24, 2.45) is 0 Å². The maximum atomic E-state index is 13.2. The summed E-state index contributed by atoms with van der Waals surface area (Å²) in [4.78, 5) is 11.5. The summed E-state index contributed by atoms with van der Waals surface area (Å²) in [6.45, 7) is 2.63. The van der Waals surface area contributed by atoms with Crippen LogP contribution in [0, 0.1) is 5.82 Å². The number of nitrogens with one attached hydrogen (secondary N) is 1. The van der Waals surface area contributed by atoms with Crippen LogP contribution in [-0.4, -0.2) is 14.8 Å². The molecule has 0 aliphatic heterocycles. The molecule has 0 saturated carbocycles. The maximum Gasteiger partial charge on any atom is 0.343 e. The lowest BCUT2D eigenvalue weighted by Gasteiger charge is -2.04. The van der Waals surface area contributed by atoms with Gasteiger partial charge >= 0.3 is 5.69 Å². The SMILES string of the molecule is CCCn1c(SCc2cc(F)cc(Br)c2)n[nH]c1=O. The van der Waals surface area contributed by atoms with Gasteiger partial charge in [0, 0.05) is 16.8 Å². The van der Waals surface area contributed by atoms with E-state index in [1.165, 1.54) is 23.9 Å². The number of benzene rings is 1. The number of thioether (sulfide) groups is 1. The van der Waals surface area contributed by atoms with E-state index in [1.807, 2.05) is 13.0 Å². The van der Waals surface area contributed by atoms with Gasteiger partial charge in [-0.2, -0.15) is 0 Å². The number of hydrogen-bond donors (Lipinski definition) is 1. The van der Waals surface area contributed by atoms with E-state index in [4.69, 9.17) is 0 Å². The van der Waals surface area contributed by atoms with Gasteiger partial charge in [-0.15, -0.1) is 5.10 Å². The predicted molar refractivity (Wildman–Crippen MR) is 76.8 cm³/mol. The van der Waals surface area contributed by atoms with Crippen molar-refractivity contribution in [2.45, 2.75) is 30.8 Å². The van der Waals surface area contributed by atoms with Crippen molar-refractivity contribution in [3.8, 4) is 0 Å². The van der Waals surface area contributed by atoms with Gasteiger partial charge in [-0.1, -0.05) is 34.6 Å². The molecule has 0 radical (unpaired) electrons. The highest BCUT2D eigenvalue weighted by Gasteiger charge is 2.08. The Kier molecular flexibility index (Phi) is 4.81. The normalized spacial score (nSPS) is 10.9. The van der Waals surface area contributed by atoms with Gasteiger partial charge < -0.3 is 0 Å². The summed E-state index contributed by atoms with van der Waals surface area (Å²) in [6, 6.07) is 4.74. The zero-order valence-electron chi connectivity index (χ0n) is 10.3. The molecular formula is C12H13BrFN3OS. The van der Waals surface area contributed by atoms with Gasteiger partial charge in [-0.3, -0.25) is 4.57 Å². The van der Waals surface area contributed by atoms with Crippen LogP contribution in [0.15, 0.2) is 32.6 Å². The molecule has 1 N–H and O–H groups in total. The lowest BCUT2D eigenvalue weighted by atomic mass is 10.2. The second-order valence-corrected chi connectivity index (χ2v) is 5.89. The van der Waals surface area contributed by atoms with Crippen LogP contribution in [0.5, 0.6) is 0 Å². The third-order valence-electron chi connectivity index (χ3n) is 2.46. The lowest BCUT2D eigenvalue weighted by molar-refractivity contribution is 0.603. The zero-order valence-corrected chi connectivity index (χ0v) is 12.7. The van der Waals surface area contributed by atoms with Crippen LogP contribution >= 0.6 is 27.7 Å². The fourth-order valence-corrected chi connectivity index (χ4v) is 3.09.